The molecule has 3 aromatic rings. The summed E-state index contributed by atoms with van der Waals surface area (Å²) in [5, 5.41) is 11.9. The number of para-hydroxylation sites is 2. The first-order valence-corrected chi connectivity index (χ1v) is 6.66. The maximum absolute atomic E-state index is 6.00. The molecule has 21 heavy (non-hydrogen) atoms. The van der Waals surface area contributed by atoms with Gasteiger partial charge in [-0.3, -0.25) is 0 Å². The number of benzene rings is 2. The van der Waals surface area contributed by atoms with Crippen molar-refractivity contribution < 1.29 is 4.74 Å². The number of nitrogens with zero attached hydrogens (tertiary/aromatic N) is 4. The number of tetrazole rings is 1. The first kappa shape index (κ1) is 13.1. The van der Waals surface area contributed by atoms with E-state index in [1.807, 2.05) is 49.4 Å². The van der Waals surface area contributed by atoms with Crippen LogP contribution in [0.4, 0.5) is 5.69 Å². The summed E-state index contributed by atoms with van der Waals surface area (Å²) in [7, 11) is 0. The van der Waals surface area contributed by atoms with Crippen LogP contribution in [-0.4, -0.2) is 26.8 Å². The topological polar surface area (TPSA) is 78.8 Å². The summed E-state index contributed by atoms with van der Waals surface area (Å²) in [5.74, 6) is 1.20. The molecule has 3 rings (SSSR count). The zero-order chi connectivity index (χ0) is 14.7. The first-order chi connectivity index (χ1) is 10.3. The van der Waals surface area contributed by atoms with Gasteiger partial charge in [0.25, 0.3) is 0 Å². The highest BCUT2D eigenvalue weighted by Crippen LogP contribution is 2.34. The monoisotopic (exact) mass is 281 g/mol. The van der Waals surface area contributed by atoms with Crippen LogP contribution in [0, 0.1) is 0 Å². The summed E-state index contributed by atoms with van der Waals surface area (Å²) >= 11 is 0. The van der Waals surface area contributed by atoms with Crippen molar-refractivity contribution >= 4 is 5.69 Å². The maximum atomic E-state index is 6.00. The van der Waals surface area contributed by atoms with E-state index in [9.17, 15) is 0 Å². The smallest absolute Gasteiger partial charge is 0.190 e. The maximum Gasteiger partial charge on any atom is 0.190 e. The molecule has 1 aromatic heterocycles. The lowest BCUT2D eigenvalue weighted by Gasteiger charge is -2.12. The molecule has 0 aliphatic rings. The third-order valence-electron chi connectivity index (χ3n) is 3.05. The Bertz CT molecular complexity index is 739. The number of nitrogen functional groups attached to an aromatic ring is 1. The largest absolute Gasteiger partial charge is 0.491 e. The third kappa shape index (κ3) is 2.43. The van der Waals surface area contributed by atoms with Crippen LogP contribution in [0.15, 0.2) is 48.5 Å². The van der Waals surface area contributed by atoms with Crippen molar-refractivity contribution in [2.24, 2.45) is 0 Å². The standard InChI is InChI=1S/C15H15N5O/c1-2-21-14-12(9-6-10-13(14)16)15-17-18-19-20(15)11-7-4-3-5-8-11/h3-10H,2,16H2,1H3. The quantitative estimate of drug-likeness (QED) is 0.742. The number of aromatic nitrogens is 4. The van der Waals surface area contributed by atoms with Crippen molar-refractivity contribution in [2.45, 2.75) is 6.92 Å². The van der Waals surface area contributed by atoms with Gasteiger partial charge in [-0.2, -0.15) is 4.68 Å². The second-order valence-electron chi connectivity index (χ2n) is 4.41. The highest BCUT2D eigenvalue weighted by atomic mass is 16.5. The molecule has 0 atom stereocenters. The Morgan fingerprint density at radius 2 is 1.90 bits per heavy atom. The molecule has 0 saturated heterocycles. The Morgan fingerprint density at radius 3 is 2.67 bits per heavy atom. The molecule has 0 bridgehead atoms. The fourth-order valence-electron chi connectivity index (χ4n) is 2.13. The molecule has 0 aliphatic heterocycles. The Hall–Kier alpha value is -2.89. The van der Waals surface area contributed by atoms with Gasteiger partial charge in [-0.1, -0.05) is 24.3 Å². The van der Waals surface area contributed by atoms with Crippen LogP contribution < -0.4 is 10.5 Å². The molecule has 2 aromatic carbocycles. The molecule has 106 valence electrons. The molecule has 0 amide bonds. The lowest BCUT2D eigenvalue weighted by molar-refractivity contribution is 0.343. The number of anilines is 1. The zero-order valence-corrected chi connectivity index (χ0v) is 11.6. The molecule has 0 aliphatic carbocycles. The summed E-state index contributed by atoms with van der Waals surface area (Å²) in [6.45, 7) is 2.44. The summed E-state index contributed by atoms with van der Waals surface area (Å²) in [4.78, 5) is 0. The molecule has 1 heterocycles. The fourth-order valence-corrected chi connectivity index (χ4v) is 2.13. The number of nitrogens with two attached hydrogens (primary N) is 1. The second-order valence-corrected chi connectivity index (χ2v) is 4.41. The average Bonchev–Trinajstić information content (AvgIpc) is 3.00. The van der Waals surface area contributed by atoms with Crippen molar-refractivity contribution in [1.82, 2.24) is 20.2 Å². The highest BCUT2D eigenvalue weighted by molar-refractivity contribution is 5.73. The van der Waals surface area contributed by atoms with E-state index in [0.717, 1.165) is 11.3 Å². The van der Waals surface area contributed by atoms with Crippen LogP contribution in [0.25, 0.3) is 17.1 Å². The van der Waals surface area contributed by atoms with Gasteiger partial charge in [0.2, 0.25) is 0 Å². The van der Waals surface area contributed by atoms with E-state index in [4.69, 9.17) is 10.5 Å². The normalized spacial score (nSPS) is 10.5. The fraction of sp³-hybridized carbons (Fsp3) is 0.133. The predicted octanol–water partition coefficient (Wildman–Crippen LogP) is 2.31. The zero-order valence-electron chi connectivity index (χ0n) is 11.6. The minimum Gasteiger partial charge on any atom is -0.491 e. The van der Waals surface area contributed by atoms with Gasteiger partial charge >= 0.3 is 0 Å². The lowest BCUT2D eigenvalue weighted by atomic mass is 10.1. The van der Waals surface area contributed by atoms with Gasteiger partial charge in [-0.15, -0.1) is 5.10 Å². The van der Waals surface area contributed by atoms with E-state index in [-0.39, 0.29) is 0 Å². The molecule has 6 nitrogen and oxygen atoms in total. The number of hydrogen-bond acceptors (Lipinski definition) is 5. The molecule has 0 radical (unpaired) electrons. The van der Waals surface area contributed by atoms with E-state index in [1.54, 1.807) is 10.7 Å². The Balaban J connectivity index is 2.15. The lowest BCUT2D eigenvalue weighted by Crippen LogP contribution is -2.03. The summed E-state index contributed by atoms with van der Waals surface area (Å²) in [6, 6.07) is 15.2. The Morgan fingerprint density at radius 1 is 1.10 bits per heavy atom. The minimum atomic E-state index is 0.522. The average molecular weight is 281 g/mol. The number of hydrogen-bond donors (Lipinski definition) is 1. The van der Waals surface area contributed by atoms with Crippen LogP contribution >= 0.6 is 0 Å². The van der Waals surface area contributed by atoms with Crippen molar-refractivity contribution in [3.05, 3.63) is 48.5 Å². The third-order valence-corrected chi connectivity index (χ3v) is 3.05. The van der Waals surface area contributed by atoms with E-state index in [1.165, 1.54) is 0 Å². The molecule has 2 N–H and O–H groups in total. The number of ether oxygens (including phenoxy) is 1. The molecule has 0 spiro atoms. The van der Waals surface area contributed by atoms with Crippen molar-refractivity contribution in [1.29, 1.82) is 0 Å². The van der Waals surface area contributed by atoms with E-state index in [0.29, 0.717) is 23.9 Å². The van der Waals surface area contributed by atoms with Crippen molar-refractivity contribution in [3.8, 4) is 22.8 Å². The Labute approximate surface area is 122 Å². The Kier molecular flexibility index (Phi) is 3.51. The van der Waals surface area contributed by atoms with Crippen LogP contribution in [0.1, 0.15) is 6.92 Å². The number of rotatable bonds is 4. The van der Waals surface area contributed by atoms with Crippen LogP contribution in [-0.2, 0) is 0 Å². The van der Waals surface area contributed by atoms with Crippen molar-refractivity contribution in [3.63, 3.8) is 0 Å². The van der Waals surface area contributed by atoms with Gasteiger partial charge in [-0.25, -0.2) is 0 Å². The van der Waals surface area contributed by atoms with Gasteiger partial charge < -0.3 is 10.5 Å². The molecule has 6 heteroatoms. The van der Waals surface area contributed by atoms with E-state index in [2.05, 4.69) is 15.5 Å². The molecule has 0 unspecified atom stereocenters. The minimum absolute atomic E-state index is 0.522. The highest BCUT2D eigenvalue weighted by Gasteiger charge is 2.17. The summed E-state index contributed by atoms with van der Waals surface area (Å²) < 4.78 is 7.31. The molecule has 0 fully saturated rings. The summed E-state index contributed by atoms with van der Waals surface area (Å²) in [6.07, 6.45) is 0. The molecule has 0 saturated carbocycles. The van der Waals surface area contributed by atoms with Gasteiger partial charge in [0.1, 0.15) is 0 Å². The van der Waals surface area contributed by atoms with Crippen LogP contribution in [0.2, 0.25) is 0 Å². The van der Waals surface area contributed by atoms with Gasteiger partial charge in [0.05, 0.1) is 23.5 Å². The first-order valence-electron chi connectivity index (χ1n) is 6.66. The molecular formula is C15H15N5O. The van der Waals surface area contributed by atoms with Gasteiger partial charge in [-0.05, 0) is 41.6 Å². The van der Waals surface area contributed by atoms with Gasteiger partial charge in [0, 0.05) is 0 Å². The predicted molar refractivity (Wildman–Crippen MR) is 80.2 cm³/mol. The van der Waals surface area contributed by atoms with Crippen molar-refractivity contribution in [2.75, 3.05) is 12.3 Å². The van der Waals surface area contributed by atoms with E-state index >= 15 is 0 Å². The summed E-state index contributed by atoms with van der Waals surface area (Å²) in [5.41, 5.74) is 8.21. The van der Waals surface area contributed by atoms with Gasteiger partial charge in [0.15, 0.2) is 11.6 Å². The van der Waals surface area contributed by atoms with Crippen LogP contribution in [0.5, 0.6) is 5.75 Å². The molecular weight excluding hydrogens is 266 g/mol. The van der Waals surface area contributed by atoms with Crippen LogP contribution in [0.3, 0.4) is 0 Å². The SMILES string of the molecule is CCOc1c(N)cccc1-c1nnnn1-c1ccccc1. The van der Waals surface area contributed by atoms with E-state index < -0.39 is 0 Å². The second kappa shape index (κ2) is 5.62.